The predicted molar refractivity (Wildman–Crippen MR) is 93.1 cm³/mol. The summed E-state index contributed by atoms with van der Waals surface area (Å²) in [6, 6.07) is 10.1. The fraction of sp³-hybridized carbons (Fsp3) is 0.667. The lowest BCUT2D eigenvalue weighted by molar-refractivity contribution is 0.278. The molecule has 3 heteroatoms. The van der Waals surface area contributed by atoms with Crippen LogP contribution in [0.1, 0.15) is 43.7 Å². The van der Waals surface area contributed by atoms with Gasteiger partial charge in [0.15, 0.2) is 0 Å². The highest BCUT2D eigenvalue weighted by atomic mass is 32.2. The predicted octanol–water partition coefficient (Wildman–Crippen LogP) is 3.48. The Balaban J connectivity index is 1.50. The summed E-state index contributed by atoms with van der Waals surface area (Å²) in [6.45, 7) is 9.36. The molecular weight excluding hydrogens is 276 g/mol. The summed E-state index contributed by atoms with van der Waals surface area (Å²) in [7, 11) is 0. The van der Waals surface area contributed by atoms with Crippen LogP contribution < -0.4 is 5.32 Å². The lowest BCUT2D eigenvalue weighted by Gasteiger charge is -2.30. The van der Waals surface area contributed by atoms with Crippen molar-refractivity contribution >= 4 is 11.8 Å². The van der Waals surface area contributed by atoms with E-state index in [9.17, 15) is 0 Å². The molecule has 0 aromatic heterocycles. The Morgan fingerprint density at radius 3 is 2.71 bits per heavy atom. The second-order valence-electron chi connectivity index (χ2n) is 6.74. The van der Waals surface area contributed by atoms with Crippen LogP contribution in [0, 0.1) is 0 Å². The van der Waals surface area contributed by atoms with Crippen LogP contribution in [0.3, 0.4) is 0 Å². The quantitative estimate of drug-likeness (QED) is 0.866. The Kier molecular flexibility index (Phi) is 5.25. The topological polar surface area (TPSA) is 15.3 Å². The van der Waals surface area contributed by atoms with Gasteiger partial charge in [0.2, 0.25) is 0 Å². The number of thioether (sulfide) groups is 1. The Morgan fingerprint density at radius 1 is 1.29 bits per heavy atom. The van der Waals surface area contributed by atoms with Crippen LogP contribution in [0.25, 0.3) is 0 Å². The Bertz CT molecular complexity index is 441. The van der Waals surface area contributed by atoms with E-state index in [0.29, 0.717) is 5.92 Å². The molecule has 0 bridgehead atoms. The summed E-state index contributed by atoms with van der Waals surface area (Å²) in [5, 5.41) is 4.41. The highest BCUT2D eigenvalue weighted by molar-refractivity contribution is 7.99. The molecule has 1 N–H and O–H groups in total. The molecule has 1 aliphatic carbocycles. The van der Waals surface area contributed by atoms with Gasteiger partial charge >= 0.3 is 0 Å². The first kappa shape index (κ1) is 15.4. The Labute approximate surface area is 133 Å². The molecule has 3 rings (SSSR count). The van der Waals surface area contributed by atoms with E-state index in [1.807, 2.05) is 0 Å². The molecule has 1 heterocycles. The van der Waals surface area contributed by atoms with E-state index in [2.05, 4.69) is 60.1 Å². The maximum atomic E-state index is 3.63. The molecule has 2 fully saturated rings. The zero-order valence-corrected chi connectivity index (χ0v) is 14.2. The van der Waals surface area contributed by atoms with Gasteiger partial charge in [0.05, 0.1) is 0 Å². The molecule has 0 radical (unpaired) electrons. The molecule has 2 atom stereocenters. The summed E-state index contributed by atoms with van der Waals surface area (Å²) in [4.78, 5) is 2.59. The lowest BCUT2D eigenvalue weighted by atomic mass is 9.99. The second-order valence-corrected chi connectivity index (χ2v) is 8.29. The first-order chi connectivity index (χ1) is 10.2. The van der Waals surface area contributed by atoms with E-state index < -0.39 is 0 Å². The normalized spacial score (nSPS) is 25.0. The van der Waals surface area contributed by atoms with Gasteiger partial charge in [-0.05, 0) is 29.9 Å². The number of hydrogen-bond donors (Lipinski definition) is 1. The van der Waals surface area contributed by atoms with Crippen molar-refractivity contribution in [3.05, 3.63) is 35.4 Å². The van der Waals surface area contributed by atoms with Crippen molar-refractivity contribution in [2.45, 2.75) is 50.4 Å². The standard InChI is InChI=1S/C18H28N2S/c1-14(11-19-18-7-8-18)17-5-3-16(4-6-17)13-20-9-10-21-15(2)12-20/h3-6,14-15,18-19H,7-13H2,1-2H3. The van der Waals surface area contributed by atoms with Crippen LogP contribution in [-0.2, 0) is 6.54 Å². The highest BCUT2D eigenvalue weighted by Crippen LogP contribution is 2.22. The van der Waals surface area contributed by atoms with Gasteiger partial charge in [-0.3, -0.25) is 4.90 Å². The zero-order valence-electron chi connectivity index (χ0n) is 13.3. The van der Waals surface area contributed by atoms with Crippen LogP contribution in [0.4, 0.5) is 0 Å². The molecule has 1 saturated carbocycles. The molecular formula is C18H28N2S. The van der Waals surface area contributed by atoms with Crippen molar-refractivity contribution in [3.8, 4) is 0 Å². The first-order valence-corrected chi connectivity index (χ1v) is 9.42. The number of benzene rings is 1. The van der Waals surface area contributed by atoms with Crippen LogP contribution in [0.2, 0.25) is 0 Å². The molecule has 0 spiro atoms. The van der Waals surface area contributed by atoms with E-state index in [1.54, 1.807) is 0 Å². The number of nitrogens with one attached hydrogen (secondary N) is 1. The third-order valence-corrected chi connectivity index (χ3v) is 5.71. The molecule has 21 heavy (non-hydrogen) atoms. The summed E-state index contributed by atoms with van der Waals surface area (Å²) in [5.41, 5.74) is 2.93. The molecule has 2 unspecified atom stereocenters. The number of nitrogens with zero attached hydrogens (tertiary/aromatic N) is 1. The van der Waals surface area contributed by atoms with Crippen molar-refractivity contribution in [2.24, 2.45) is 0 Å². The molecule has 2 aliphatic rings. The van der Waals surface area contributed by atoms with E-state index in [4.69, 9.17) is 0 Å². The van der Waals surface area contributed by atoms with Crippen molar-refractivity contribution in [1.29, 1.82) is 0 Å². The van der Waals surface area contributed by atoms with Gasteiger partial charge in [0.25, 0.3) is 0 Å². The molecule has 1 aromatic rings. The van der Waals surface area contributed by atoms with Crippen molar-refractivity contribution < 1.29 is 0 Å². The van der Waals surface area contributed by atoms with Gasteiger partial charge < -0.3 is 5.32 Å². The average molecular weight is 305 g/mol. The van der Waals surface area contributed by atoms with Gasteiger partial charge in [-0.25, -0.2) is 0 Å². The van der Waals surface area contributed by atoms with Gasteiger partial charge in [-0.2, -0.15) is 11.8 Å². The van der Waals surface area contributed by atoms with Crippen LogP contribution in [-0.4, -0.2) is 41.6 Å². The van der Waals surface area contributed by atoms with Gasteiger partial charge in [-0.1, -0.05) is 38.1 Å². The lowest BCUT2D eigenvalue weighted by Crippen LogP contribution is -2.36. The molecule has 1 saturated heterocycles. The molecule has 2 nitrogen and oxygen atoms in total. The van der Waals surface area contributed by atoms with Crippen LogP contribution >= 0.6 is 11.8 Å². The van der Waals surface area contributed by atoms with E-state index in [1.165, 1.54) is 42.8 Å². The van der Waals surface area contributed by atoms with Gasteiger partial charge in [0.1, 0.15) is 0 Å². The Morgan fingerprint density at radius 2 is 2.05 bits per heavy atom. The maximum Gasteiger partial charge on any atom is 0.0234 e. The fourth-order valence-corrected chi connectivity index (χ4v) is 4.07. The third kappa shape index (κ3) is 4.73. The van der Waals surface area contributed by atoms with Crippen LogP contribution in [0.5, 0.6) is 0 Å². The molecule has 116 valence electrons. The van der Waals surface area contributed by atoms with Crippen LogP contribution in [0.15, 0.2) is 24.3 Å². The largest absolute Gasteiger partial charge is 0.313 e. The monoisotopic (exact) mass is 304 g/mol. The number of hydrogen-bond acceptors (Lipinski definition) is 3. The van der Waals surface area contributed by atoms with Gasteiger partial charge in [0, 0.05) is 43.2 Å². The van der Waals surface area contributed by atoms with Crippen molar-refractivity contribution in [2.75, 3.05) is 25.4 Å². The SMILES string of the molecule is CC1CN(Cc2ccc(C(C)CNC3CC3)cc2)CCS1. The summed E-state index contributed by atoms with van der Waals surface area (Å²) in [6.07, 6.45) is 2.75. The van der Waals surface area contributed by atoms with E-state index in [0.717, 1.165) is 24.4 Å². The minimum absolute atomic E-state index is 0.617. The third-order valence-electron chi connectivity index (χ3n) is 4.57. The van der Waals surface area contributed by atoms with Crippen molar-refractivity contribution in [3.63, 3.8) is 0 Å². The number of rotatable bonds is 6. The Hall–Kier alpha value is -0.510. The molecule has 1 aliphatic heterocycles. The molecule has 1 aromatic carbocycles. The minimum atomic E-state index is 0.617. The summed E-state index contributed by atoms with van der Waals surface area (Å²) in [5.74, 6) is 1.90. The second kappa shape index (κ2) is 7.17. The van der Waals surface area contributed by atoms with E-state index in [-0.39, 0.29) is 0 Å². The smallest absolute Gasteiger partial charge is 0.0234 e. The van der Waals surface area contributed by atoms with E-state index >= 15 is 0 Å². The summed E-state index contributed by atoms with van der Waals surface area (Å²) < 4.78 is 0. The maximum absolute atomic E-state index is 3.63. The highest BCUT2D eigenvalue weighted by Gasteiger charge is 2.21. The zero-order chi connectivity index (χ0) is 14.7. The first-order valence-electron chi connectivity index (χ1n) is 8.37. The van der Waals surface area contributed by atoms with Gasteiger partial charge in [-0.15, -0.1) is 0 Å². The van der Waals surface area contributed by atoms with Crippen molar-refractivity contribution in [1.82, 2.24) is 10.2 Å². The average Bonchev–Trinajstić information content (AvgIpc) is 3.30. The molecule has 0 amide bonds. The fourth-order valence-electron chi connectivity index (χ4n) is 2.99. The minimum Gasteiger partial charge on any atom is -0.313 e. The summed E-state index contributed by atoms with van der Waals surface area (Å²) >= 11 is 2.10.